The topological polar surface area (TPSA) is 284 Å². The van der Waals surface area contributed by atoms with Gasteiger partial charge in [-0.1, -0.05) is 89.6 Å². The second kappa shape index (κ2) is 23.6. The molecule has 0 aromatic heterocycles. The largest absolute Gasteiger partial charge is 2.00 e. The fourth-order valence-corrected chi connectivity index (χ4v) is 9.29. The number of hydrogen-bond acceptors (Lipinski definition) is 15. The minimum absolute atomic E-state index is 0. The summed E-state index contributed by atoms with van der Waals surface area (Å²) in [6.07, 6.45) is 0. The van der Waals surface area contributed by atoms with Gasteiger partial charge in [0.05, 0.1) is 31.2 Å². The number of aromatic hydroxyl groups is 1. The van der Waals surface area contributed by atoms with Crippen LogP contribution < -0.4 is 25.0 Å². The van der Waals surface area contributed by atoms with Crippen LogP contribution in [-0.4, -0.2) is 106 Å². The van der Waals surface area contributed by atoms with E-state index in [0.29, 0.717) is 55.5 Å². The van der Waals surface area contributed by atoms with E-state index in [1.165, 1.54) is 45.4 Å². The van der Waals surface area contributed by atoms with Gasteiger partial charge in [0.25, 0.3) is 26.1 Å². The summed E-state index contributed by atoms with van der Waals surface area (Å²) in [6.45, 7) is 3.07. The van der Waals surface area contributed by atoms with Gasteiger partial charge in [0.2, 0.25) is 0 Å². The van der Waals surface area contributed by atoms with Crippen LogP contribution in [0.5, 0.6) is 23.0 Å². The maximum Gasteiger partial charge on any atom is 2.00 e. The quantitative estimate of drug-likeness (QED) is 0.0292. The Balaban J connectivity index is 0.000000235. The van der Waals surface area contributed by atoms with Gasteiger partial charge in [-0.15, -0.1) is 15.3 Å². The van der Waals surface area contributed by atoms with Crippen molar-refractivity contribution in [3.05, 3.63) is 166 Å². The molecular weight excluding hydrogens is 1150 g/mol. The molecule has 23 heteroatoms. The molecule has 0 heterocycles. The first kappa shape index (κ1) is 55.9. The van der Waals surface area contributed by atoms with Gasteiger partial charge in [-0.3, -0.25) is 18.9 Å². The van der Waals surface area contributed by atoms with E-state index in [9.17, 15) is 46.1 Å². The molecule has 18 nitrogen and oxygen atoms in total. The summed E-state index contributed by atoms with van der Waals surface area (Å²) in [5, 5.41) is 58.3. The van der Waals surface area contributed by atoms with Crippen molar-refractivity contribution in [2.75, 3.05) is 19.5 Å². The minimum atomic E-state index is -4.69. The SMILES string of the molecule is COc1cccc(N=C([O-])c2cc3ccccc3c(N=Nc3c(C)cc(Cl)cc3S(=O)(=O)O)c2[O-])c1.COc1cccc(NC(=O)c2cc3ccccc3c(N=Nc3c(C)cc(Cl)cc3S(=O)(=O)O)c2O)c1.[Ba+2]. The maximum atomic E-state index is 13.3. The average Bonchev–Trinajstić information content (AvgIpc) is 3.33. The molecule has 73 heavy (non-hydrogen) atoms. The van der Waals surface area contributed by atoms with E-state index in [2.05, 4.69) is 30.8 Å². The van der Waals surface area contributed by atoms with Gasteiger partial charge < -0.3 is 30.1 Å². The van der Waals surface area contributed by atoms with Gasteiger partial charge in [0, 0.05) is 38.6 Å². The van der Waals surface area contributed by atoms with Gasteiger partial charge in [-0.25, -0.2) is 0 Å². The third kappa shape index (κ3) is 13.2. The Bertz CT molecular complexity index is 3790. The number of phenolic OH excluding ortho intramolecular Hbond substituents is 1. The first-order valence-electron chi connectivity index (χ1n) is 20.9. The molecule has 0 unspecified atom stereocenters. The van der Waals surface area contributed by atoms with Crippen molar-refractivity contribution in [2.45, 2.75) is 23.6 Å². The van der Waals surface area contributed by atoms with Crippen molar-refractivity contribution < 1.29 is 55.5 Å². The second-order valence-corrected chi connectivity index (χ2v) is 19.1. The van der Waals surface area contributed by atoms with E-state index in [1.54, 1.807) is 104 Å². The van der Waals surface area contributed by atoms with Crippen LogP contribution in [0.15, 0.2) is 169 Å². The number of rotatable bonds is 12. The number of aryl methyl sites for hydroxylation is 2. The predicted octanol–water partition coefficient (Wildman–Crippen LogP) is 11.0. The normalized spacial score (nSPS) is 11.9. The molecule has 4 N–H and O–H groups in total. The van der Waals surface area contributed by atoms with Crippen LogP contribution >= 0.6 is 23.2 Å². The van der Waals surface area contributed by atoms with Crippen LogP contribution in [-0.2, 0) is 20.2 Å². The number of hydrogen-bond donors (Lipinski definition) is 4. The third-order valence-corrected chi connectivity index (χ3v) is 12.7. The number of amides is 1. The number of fused-ring (bicyclic) bond motifs is 2. The zero-order valence-electron chi connectivity index (χ0n) is 38.7. The zero-order chi connectivity index (χ0) is 52.1. The number of aliphatic imine (C=N–C) groups is 1. The molecule has 368 valence electrons. The molecule has 0 radical (unpaired) electrons. The standard InChI is InChI=1S/2C25H20ClN3O6S.Ba/c2*1-14-10-16(26)12-21(36(32,33)34)22(14)28-29-23-19-9-4-3-6-15(19)11-20(24(23)30)25(31)27-17-7-5-8-18(13-17)35-2;/h2*3-13,30H,1-2H3,(H,27,31)(H,32,33,34);/q;;+2/p-2. The summed E-state index contributed by atoms with van der Waals surface area (Å²) in [5.74, 6) is -1.57. The Morgan fingerprint density at radius 2 is 1.07 bits per heavy atom. The molecule has 0 aliphatic carbocycles. The van der Waals surface area contributed by atoms with Crippen molar-refractivity contribution >= 4 is 160 Å². The van der Waals surface area contributed by atoms with E-state index >= 15 is 0 Å². The smallest absolute Gasteiger partial charge is 0.871 e. The van der Waals surface area contributed by atoms with Crippen LogP contribution in [0.3, 0.4) is 0 Å². The van der Waals surface area contributed by atoms with Gasteiger partial charge >= 0.3 is 48.9 Å². The number of carbonyl (C=O) groups excluding carboxylic acids is 1. The molecule has 0 aliphatic rings. The molecule has 8 aromatic rings. The molecule has 8 aromatic carbocycles. The number of halogens is 2. The van der Waals surface area contributed by atoms with Crippen molar-refractivity contribution in [2.24, 2.45) is 25.4 Å². The van der Waals surface area contributed by atoms with E-state index in [-0.39, 0.29) is 92.8 Å². The average molecular weight is 1190 g/mol. The van der Waals surface area contributed by atoms with E-state index < -0.39 is 53.3 Å². The van der Waals surface area contributed by atoms with Crippen LogP contribution in [0.4, 0.5) is 34.1 Å². The molecule has 0 spiro atoms. The van der Waals surface area contributed by atoms with Gasteiger partial charge in [0.1, 0.15) is 38.4 Å². The van der Waals surface area contributed by atoms with Gasteiger partial charge in [-0.2, -0.15) is 21.9 Å². The van der Waals surface area contributed by atoms with Gasteiger partial charge in [0.15, 0.2) is 5.75 Å². The number of carbonyl (C=O) groups is 1. The number of azo groups is 2. The van der Waals surface area contributed by atoms with Crippen molar-refractivity contribution in [3.63, 3.8) is 0 Å². The molecular formula is C50H38BaCl2N6O12S2. The molecule has 8 rings (SSSR count). The summed E-state index contributed by atoms with van der Waals surface area (Å²) in [4.78, 5) is 16.0. The molecule has 0 bridgehead atoms. The summed E-state index contributed by atoms with van der Waals surface area (Å²) >= 11 is 11.9. The van der Waals surface area contributed by atoms with Crippen LogP contribution in [0.25, 0.3) is 21.5 Å². The number of anilines is 1. The predicted molar refractivity (Wildman–Crippen MR) is 275 cm³/mol. The van der Waals surface area contributed by atoms with E-state index in [0.717, 1.165) is 12.1 Å². The molecule has 0 aliphatic heterocycles. The summed E-state index contributed by atoms with van der Waals surface area (Å²) in [6, 6.07) is 34.7. The first-order chi connectivity index (χ1) is 34.2. The minimum Gasteiger partial charge on any atom is -0.871 e. The number of methoxy groups -OCH3 is 2. The molecule has 0 atom stereocenters. The molecule has 0 saturated heterocycles. The van der Waals surface area contributed by atoms with Crippen LogP contribution in [0.1, 0.15) is 27.0 Å². The number of nitrogens with one attached hydrogen (secondary N) is 1. The molecule has 0 saturated carbocycles. The number of nitrogens with zero attached hydrogens (tertiary/aromatic N) is 5. The maximum absolute atomic E-state index is 13.3. The van der Waals surface area contributed by atoms with Crippen molar-refractivity contribution in [3.8, 4) is 23.0 Å². The summed E-state index contributed by atoms with van der Waals surface area (Å²) in [7, 11) is -6.38. The van der Waals surface area contributed by atoms with Crippen molar-refractivity contribution in [1.29, 1.82) is 0 Å². The van der Waals surface area contributed by atoms with Crippen LogP contribution in [0, 0.1) is 13.8 Å². The molecule has 0 fully saturated rings. The number of phenols is 1. The Morgan fingerprint density at radius 1 is 0.603 bits per heavy atom. The fourth-order valence-electron chi connectivity index (χ4n) is 7.18. The zero-order valence-corrected chi connectivity index (χ0v) is 46.3. The molecule has 1 amide bonds. The van der Waals surface area contributed by atoms with Gasteiger partial charge in [-0.05, 0) is 108 Å². The Hall–Kier alpha value is -6.41. The number of benzene rings is 8. The van der Waals surface area contributed by atoms with E-state index in [1.807, 2.05) is 0 Å². The summed E-state index contributed by atoms with van der Waals surface area (Å²) < 4.78 is 77.1. The second-order valence-electron chi connectivity index (χ2n) is 15.5. The first-order valence-corrected chi connectivity index (χ1v) is 24.5. The Labute approximate surface area is 468 Å². The fraction of sp³-hybridized carbons (Fsp3) is 0.0800. The Kier molecular flexibility index (Phi) is 18.1. The summed E-state index contributed by atoms with van der Waals surface area (Å²) in [5.41, 5.74) is 0.466. The third-order valence-electron chi connectivity index (χ3n) is 10.6. The van der Waals surface area contributed by atoms with Crippen molar-refractivity contribution in [1.82, 2.24) is 0 Å². The number of ether oxygens (including phenoxy) is 2. The Morgan fingerprint density at radius 3 is 1.60 bits per heavy atom. The monoisotopic (exact) mass is 1190 g/mol. The van der Waals surface area contributed by atoms with Crippen LogP contribution in [0.2, 0.25) is 10.0 Å². The van der Waals surface area contributed by atoms with E-state index in [4.69, 9.17) is 32.7 Å².